The van der Waals surface area contributed by atoms with Gasteiger partial charge in [0.25, 0.3) is 0 Å². The summed E-state index contributed by atoms with van der Waals surface area (Å²) < 4.78 is 9.24. The van der Waals surface area contributed by atoms with E-state index in [1.165, 1.54) is 0 Å². The maximum atomic E-state index is 12.1. The number of ether oxygens (including phenoxy) is 1. The number of carbonyl (C=O) groups excluding carboxylic acids is 1. The second-order valence-electron chi connectivity index (χ2n) is 5.40. The van der Waals surface area contributed by atoms with Crippen molar-refractivity contribution in [3.05, 3.63) is 78.9 Å². The Morgan fingerprint density at radius 1 is 1.04 bits per heavy atom. The number of carbonyl (C=O) groups is 1. The lowest BCUT2D eigenvalue weighted by molar-refractivity contribution is -0.671. The Balaban J connectivity index is 1.57. The van der Waals surface area contributed by atoms with Gasteiger partial charge in [-0.1, -0.05) is 42.5 Å². The predicted octanol–water partition coefficient (Wildman–Crippen LogP) is 2.84. The summed E-state index contributed by atoms with van der Waals surface area (Å²) in [6, 6.07) is 17.6. The van der Waals surface area contributed by atoms with E-state index in [1.807, 2.05) is 77.4 Å². The van der Waals surface area contributed by atoms with E-state index in [0.717, 1.165) is 11.1 Å². The van der Waals surface area contributed by atoms with Crippen LogP contribution in [0.15, 0.2) is 73.3 Å². The lowest BCUT2D eigenvalue weighted by Crippen LogP contribution is -2.24. The fourth-order valence-electron chi connectivity index (χ4n) is 2.39. The van der Waals surface area contributed by atoms with Gasteiger partial charge in [-0.15, -0.1) is 0 Å². The zero-order valence-corrected chi connectivity index (χ0v) is 13.1. The summed E-state index contributed by atoms with van der Waals surface area (Å²) in [5.41, 5.74) is 2.79. The molecule has 0 fully saturated rings. The third kappa shape index (κ3) is 3.86. The van der Waals surface area contributed by atoms with Gasteiger partial charge < -0.3 is 4.74 Å². The van der Waals surface area contributed by atoms with E-state index >= 15 is 0 Å². The number of aryl methyl sites for hydroxylation is 1. The van der Waals surface area contributed by atoms with Crippen LogP contribution in [0, 0.1) is 0 Å². The van der Waals surface area contributed by atoms with Crippen LogP contribution < -0.4 is 4.57 Å². The van der Waals surface area contributed by atoms with Crippen LogP contribution >= 0.6 is 0 Å². The van der Waals surface area contributed by atoms with Crippen LogP contribution in [0.25, 0.3) is 11.1 Å². The zero-order valence-electron chi connectivity index (χ0n) is 13.1. The topological polar surface area (TPSA) is 35.1 Å². The van der Waals surface area contributed by atoms with Crippen molar-refractivity contribution in [2.75, 3.05) is 6.61 Å². The minimum Gasteiger partial charge on any atom is -0.458 e. The summed E-state index contributed by atoms with van der Waals surface area (Å²) in [5.74, 6) is -0.291. The van der Waals surface area contributed by atoms with E-state index in [9.17, 15) is 4.79 Å². The molecule has 0 unspecified atom stereocenters. The van der Waals surface area contributed by atoms with Gasteiger partial charge in [-0.2, -0.15) is 0 Å². The van der Waals surface area contributed by atoms with E-state index in [4.69, 9.17) is 4.74 Å². The van der Waals surface area contributed by atoms with E-state index < -0.39 is 0 Å². The van der Waals surface area contributed by atoms with Crippen LogP contribution in [0.1, 0.15) is 10.4 Å². The van der Waals surface area contributed by atoms with Crippen molar-refractivity contribution in [2.45, 2.75) is 6.54 Å². The zero-order chi connectivity index (χ0) is 16.1. The number of benzene rings is 2. The average Bonchev–Trinajstić information content (AvgIpc) is 3.01. The molecule has 0 aliphatic rings. The van der Waals surface area contributed by atoms with Crippen molar-refractivity contribution in [1.29, 1.82) is 0 Å². The highest BCUT2D eigenvalue weighted by atomic mass is 16.5. The first-order valence-corrected chi connectivity index (χ1v) is 7.56. The number of rotatable bonds is 5. The number of hydrogen-bond acceptors (Lipinski definition) is 2. The van der Waals surface area contributed by atoms with Crippen LogP contribution in [-0.2, 0) is 18.3 Å². The molecule has 4 nitrogen and oxygen atoms in total. The van der Waals surface area contributed by atoms with Crippen molar-refractivity contribution in [3.63, 3.8) is 0 Å². The molecule has 23 heavy (non-hydrogen) atoms. The number of aromatic nitrogens is 2. The number of nitrogens with zero attached hydrogens (tertiary/aromatic N) is 2. The van der Waals surface area contributed by atoms with Gasteiger partial charge in [0.15, 0.2) is 0 Å². The molecule has 0 atom stereocenters. The highest BCUT2D eigenvalue weighted by Gasteiger charge is 2.08. The second kappa shape index (κ2) is 6.92. The van der Waals surface area contributed by atoms with Crippen molar-refractivity contribution >= 4 is 5.97 Å². The number of imidazole rings is 1. The maximum absolute atomic E-state index is 12.1. The molecule has 3 aromatic rings. The summed E-state index contributed by atoms with van der Waals surface area (Å²) in [7, 11) is 1.96. The van der Waals surface area contributed by atoms with Crippen LogP contribution in [0.2, 0.25) is 0 Å². The second-order valence-corrected chi connectivity index (χ2v) is 5.40. The third-order valence-electron chi connectivity index (χ3n) is 3.63. The highest BCUT2D eigenvalue weighted by Crippen LogP contribution is 2.19. The molecular weight excluding hydrogens is 288 g/mol. The smallest absolute Gasteiger partial charge is 0.338 e. The molecule has 0 aliphatic carbocycles. The Morgan fingerprint density at radius 2 is 1.74 bits per heavy atom. The number of hydrogen-bond donors (Lipinski definition) is 0. The fraction of sp³-hybridized carbons (Fsp3) is 0.158. The van der Waals surface area contributed by atoms with Crippen LogP contribution in [-0.4, -0.2) is 17.1 Å². The molecule has 0 N–H and O–H groups in total. The predicted molar refractivity (Wildman–Crippen MR) is 87.8 cm³/mol. The van der Waals surface area contributed by atoms with E-state index in [-0.39, 0.29) is 5.97 Å². The quantitative estimate of drug-likeness (QED) is 0.537. The minimum absolute atomic E-state index is 0.291. The summed E-state index contributed by atoms with van der Waals surface area (Å²) >= 11 is 0. The molecule has 1 aromatic heterocycles. The van der Waals surface area contributed by atoms with Crippen LogP contribution in [0.4, 0.5) is 0 Å². The molecule has 4 heteroatoms. The maximum Gasteiger partial charge on any atom is 0.338 e. The third-order valence-corrected chi connectivity index (χ3v) is 3.63. The molecule has 0 saturated heterocycles. The van der Waals surface area contributed by atoms with Crippen molar-refractivity contribution in [1.82, 2.24) is 4.57 Å². The Labute approximate surface area is 135 Å². The van der Waals surface area contributed by atoms with Gasteiger partial charge in [-0.05, 0) is 23.3 Å². The SMILES string of the molecule is C[n+]1ccn(CCOC(=O)c2ccc(-c3ccccc3)cc2)c1. The summed E-state index contributed by atoms with van der Waals surface area (Å²) in [6.07, 6.45) is 5.84. The lowest BCUT2D eigenvalue weighted by atomic mass is 10.0. The first-order chi connectivity index (χ1) is 11.2. The Hall–Kier alpha value is -2.88. The highest BCUT2D eigenvalue weighted by molar-refractivity contribution is 5.90. The largest absolute Gasteiger partial charge is 0.458 e. The van der Waals surface area contributed by atoms with Crippen molar-refractivity contribution in [3.8, 4) is 11.1 Å². The standard InChI is InChI=1S/C19H19N2O2/c1-20-11-12-21(15-20)13-14-23-19(22)18-9-7-17(8-10-18)16-5-3-2-4-6-16/h2-12,15H,13-14H2,1H3/q+1. The van der Waals surface area contributed by atoms with Gasteiger partial charge >= 0.3 is 5.97 Å². The van der Waals surface area contributed by atoms with Crippen LogP contribution in [0.5, 0.6) is 0 Å². The summed E-state index contributed by atoms with van der Waals surface area (Å²) in [5, 5.41) is 0. The fourth-order valence-corrected chi connectivity index (χ4v) is 2.39. The normalized spacial score (nSPS) is 10.5. The van der Waals surface area contributed by atoms with Gasteiger partial charge in [-0.25, -0.2) is 13.9 Å². The first kappa shape index (κ1) is 15.0. The molecule has 3 rings (SSSR count). The number of esters is 1. The molecular formula is C19H19N2O2+. The van der Waals surface area contributed by atoms with Gasteiger partial charge in [0, 0.05) is 0 Å². The van der Waals surface area contributed by atoms with E-state index in [2.05, 4.69) is 0 Å². The molecule has 2 aromatic carbocycles. The molecule has 0 amide bonds. The molecule has 0 spiro atoms. The molecule has 0 saturated carbocycles. The van der Waals surface area contributed by atoms with Gasteiger partial charge in [0.2, 0.25) is 6.33 Å². The monoisotopic (exact) mass is 307 g/mol. The van der Waals surface area contributed by atoms with E-state index in [1.54, 1.807) is 12.1 Å². The van der Waals surface area contributed by atoms with Crippen molar-refractivity contribution < 1.29 is 14.1 Å². The first-order valence-electron chi connectivity index (χ1n) is 7.56. The van der Waals surface area contributed by atoms with Crippen LogP contribution in [0.3, 0.4) is 0 Å². The summed E-state index contributed by atoms with van der Waals surface area (Å²) in [6.45, 7) is 1.00. The van der Waals surface area contributed by atoms with E-state index in [0.29, 0.717) is 18.7 Å². The molecule has 0 aliphatic heterocycles. The lowest BCUT2D eigenvalue weighted by Gasteiger charge is -2.05. The Morgan fingerprint density at radius 3 is 2.39 bits per heavy atom. The minimum atomic E-state index is -0.291. The van der Waals surface area contributed by atoms with Gasteiger partial charge in [0.05, 0.1) is 12.6 Å². The van der Waals surface area contributed by atoms with Gasteiger partial charge in [-0.3, -0.25) is 0 Å². The molecule has 1 heterocycles. The van der Waals surface area contributed by atoms with Gasteiger partial charge in [0.1, 0.15) is 25.5 Å². The summed E-state index contributed by atoms with van der Waals surface area (Å²) in [4.78, 5) is 12.1. The average molecular weight is 307 g/mol. The Kier molecular flexibility index (Phi) is 4.52. The molecule has 0 radical (unpaired) electrons. The molecule has 116 valence electrons. The Bertz CT molecular complexity index is 777. The van der Waals surface area contributed by atoms with Crippen molar-refractivity contribution in [2.24, 2.45) is 7.05 Å². The molecule has 0 bridgehead atoms.